The van der Waals surface area contributed by atoms with Crippen LogP contribution < -0.4 is 10.1 Å². The molecule has 0 bridgehead atoms. The summed E-state index contributed by atoms with van der Waals surface area (Å²) in [5.41, 5.74) is 0. The third-order valence-corrected chi connectivity index (χ3v) is 2.91. The third-order valence-electron chi connectivity index (χ3n) is 2.50. The van der Waals surface area contributed by atoms with Gasteiger partial charge >= 0.3 is 6.01 Å². The minimum atomic E-state index is 0.469. The highest BCUT2D eigenvalue weighted by atomic mass is 79.9. The number of piperidine rings is 1. The maximum atomic E-state index is 5.53. The van der Waals surface area contributed by atoms with Crippen LogP contribution in [0.1, 0.15) is 12.8 Å². The topological polar surface area (TPSA) is 47.0 Å². The predicted molar refractivity (Wildman–Crippen MR) is 60.8 cm³/mol. The summed E-state index contributed by atoms with van der Waals surface area (Å²) >= 11 is 3.28. The van der Waals surface area contributed by atoms with Crippen molar-refractivity contribution >= 4 is 15.9 Å². The summed E-state index contributed by atoms with van der Waals surface area (Å²) in [6.45, 7) is 2.91. The van der Waals surface area contributed by atoms with Gasteiger partial charge in [0, 0.05) is 12.4 Å². The molecule has 1 fully saturated rings. The molecule has 1 aliphatic heterocycles. The first-order chi connectivity index (χ1) is 7.34. The minimum absolute atomic E-state index is 0.469. The van der Waals surface area contributed by atoms with E-state index >= 15 is 0 Å². The summed E-state index contributed by atoms with van der Waals surface area (Å²) in [5.74, 6) is 0.637. The van der Waals surface area contributed by atoms with Crippen molar-refractivity contribution in [2.45, 2.75) is 12.8 Å². The van der Waals surface area contributed by atoms with Gasteiger partial charge in [0.25, 0.3) is 0 Å². The van der Waals surface area contributed by atoms with Gasteiger partial charge < -0.3 is 10.1 Å². The fourth-order valence-electron chi connectivity index (χ4n) is 1.62. The van der Waals surface area contributed by atoms with Gasteiger partial charge in [0.1, 0.15) is 0 Å². The van der Waals surface area contributed by atoms with E-state index in [-0.39, 0.29) is 0 Å². The highest BCUT2D eigenvalue weighted by molar-refractivity contribution is 9.10. The summed E-state index contributed by atoms with van der Waals surface area (Å²) in [6, 6.07) is 0.469. The van der Waals surface area contributed by atoms with Crippen LogP contribution >= 0.6 is 15.9 Å². The maximum Gasteiger partial charge on any atom is 0.316 e. The van der Waals surface area contributed by atoms with Crippen molar-refractivity contribution in [2.75, 3.05) is 19.7 Å². The Labute approximate surface area is 97.6 Å². The highest BCUT2D eigenvalue weighted by Crippen LogP contribution is 2.14. The zero-order valence-electron chi connectivity index (χ0n) is 8.45. The second-order valence-corrected chi connectivity index (χ2v) is 4.60. The molecule has 0 amide bonds. The Hall–Kier alpha value is -0.680. The normalized spacial score (nSPS) is 17.7. The summed E-state index contributed by atoms with van der Waals surface area (Å²) in [5, 5.41) is 3.33. The average Bonchev–Trinajstić information content (AvgIpc) is 2.30. The van der Waals surface area contributed by atoms with E-state index in [1.807, 2.05) is 0 Å². The Balaban J connectivity index is 1.79. The van der Waals surface area contributed by atoms with E-state index in [4.69, 9.17) is 4.74 Å². The number of ether oxygens (including phenoxy) is 1. The molecule has 0 aromatic carbocycles. The number of rotatable bonds is 3. The van der Waals surface area contributed by atoms with E-state index in [9.17, 15) is 0 Å². The zero-order valence-corrected chi connectivity index (χ0v) is 10.0. The van der Waals surface area contributed by atoms with Gasteiger partial charge in [-0.15, -0.1) is 0 Å². The molecule has 1 N–H and O–H groups in total. The molecule has 0 unspecified atom stereocenters. The lowest BCUT2D eigenvalue weighted by atomic mass is 9.99. The lowest BCUT2D eigenvalue weighted by Crippen LogP contribution is -2.30. The lowest BCUT2D eigenvalue weighted by molar-refractivity contribution is 0.202. The van der Waals surface area contributed by atoms with Crippen LogP contribution in [0.25, 0.3) is 0 Å². The minimum Gasteiger partial charge on any atom is -0.463 e. The molecular formula is C10H14BrN3O. The van der Waals surface area contributed by atoms with Crippen LogP contribution in [0.2, 0.25) is 0 Å². The summed E-state index contributed by atoms with van der Waals surface area (Å²) < 4.78 is 6.40. The average molecular weight is 272 g/mol. The fraction of sp³-hybridized carbons (Fsp3) is 0.600. The van der Waals surface area contributed by atoms with Crippen LogP contribution in [0.15, 0.2) is 16.9 Å². The van der Waals surface area contributed by atoms with Gasteiger partial charge in [0.15, 0.2) is 0 Å². The van der Waals surface area contributed by atoms with Gasteiger partial charge in [-0.05, 0) is 47.8 Å². The molecule has 15 heavy (non-hydrogen) atoms. The van der Waals surface area contributed by atoms with E-state index in [2.05, 4.69) is 31.2 Å². The van der Waals surface area contributed by atoms with Crippen molar-refractivity contribution < 1.29 is 4.74 Å². The monoisotopic (exact) mass is 271 g/mol. The molecule has 0 radical (unpaired) electrons. The number of hydrogen-bond donors (Lipinski definition) is 1. The molecule has 0 saturated carbocycles. The molecule has 2 heterocycles. The molecule has 0 aliphatic carbocycles. The largest absolute Gasteiger partial charge is 0.463 e. The summed E-state index contributed by atoms with van der Waals surface area (Å²) in [4.78, 5) is 8.13. The van der Waals surface area contributed by atoms with Crippen molar-refractivity contribution in [1.82, 2.24) is 15.3 Å². The number of nitrogens with zero attached hydrogens (tertiary/aromatic N) is 2. The van der Waals surface area contributed by atoms with E-state index in [0.717, 1.165) is 24.2 Å². The van der Waals surface area contributed by atoms with Crippen molar-refractivity contribution in [3.05, 3.63) is 16.9 Å². The van der Waals surface area contributed by atoms with Gasteiger partial charge in [-0.1, -0.05) is 0 Å². The molecule has 4 nitrogen and oxygen atoms in total. The predicted octanol–water partition coefficient (Wildman–Crippen LogP) is 1.62. The summed E-state index contributed by atoms with van der Waals surface area (Å²) in [6.07, 6.45) is 5.75. The number of hydrogen-bond acceptors (Lipinski definition) is 4. The first-order valence-corrected chi connectivity index (χ1v) is 5.95. The van der Waals surface area contributed by atoms with E-state index in [1.165, 1.54) is 12.8 Å². The Kier molecular flexibility index (Phi) is 3.91. The molecule has 1 aliphatic rings. The van der Waals surface area contributed by atoms with Crippen molar-refractivity contribution in [3.63, 3.8) is 0 Å². The molecule has 1 aromatic heterocycles. The number of nitrogens with one attached hydrogen (secondary N) is 1. The highest BCUT2D eigenvalue weighted by Gasteiger charge is 2.13. The smallest absolute Gasteiger partial charge is 0.316 e. The van der Waals surface area contributed by atoms with Gasteiger partial charge in [-0.3, -0.25) is 0 Å². The second kappa shape index (κ2) is 5.42. The van der Waals surface area contributed by atoms with Crippen molar-refractivity contribution in [3.8, 4) is 6.01 Å². The van der Waals surface area contributed by atoms with Gasteiger partial charge in [0.2, 0.25) is 0 Å². The van der Waals surface area contributed by atoms with Crippen LogP contribution in [0.4, 0.5) is 0 Å². The second-order valence-electron chi connectivity index (χ2n) is 3.69. The van der Waals surface area contributed by atoms with Crippen molar-refractivity contribution in [1.29, 1.82) is 0 Å². The Morgan fingerprint density at radius 2 is 2.00 bits per heavy atom. The molecular weight excluding hydrogens is 258 g/mol. The molecule has 5 heteroatoms. The van der Waals surface area contributed by atoms with Crippen LogP contribution in [-0.4, -0.2) is 29.7 Å². The first-order valence-electron chi connectivity index (χ1n) is 5.15. The molecule has 82 valence electrons. The van der Waals surface area contributed by atoms with Crippen LogP contribution in [0, 0.1) is 5.92 Å². The van der Waals surface area contributed by atoms with E-state index < -0.39 is 0 Å². The van der Waals surface area contributed by atoms with Gasteiger partial charge in [-0.2, -0.15) is 0 Å². The quantitative estimate of drug-likeness (QED) is 0.908. The standard InChI is InChI=1S/C10H14BrN3O/c11-9-5-13-10(14-6-9)15-7-8-1-3-12-4-2-8/h5-6,8,12H,1-4,7H2. The first kappa shape index (κ1) is 10.8. The van der Waals surface area contributed by atoms with Crippen molar-refractivity contribution in [2.24, 2.45) is 5.92 Å². The SMILES string of the molecule is Brc1cnc(OCC2CCNCC2)nc1. The van der Waals surface area contributed by atoms with E-state index in [0.29, 0.717) is 11.9 Å². The molecule has 2 rings (SSSR count). The number of halogens is 1. The molecule has 1 aromatic rings. The Bertz CT molecular complexity index is 298. The molecule has 0 atom stereocenters. The van der Waals surface area contributed by atoms with E-state index in [1.54, 1.807) is 12.4 Å². The lowest BCUT2D eigenvalue weighted by Gasteiger charge is -2.21. The molecule has 1 saturated heterocycles. The van der Waals surface area contributed by atoms with Gasteiger partial charge in [-0.25, -0.2) is 9.97 Å². The Morgan fingerprint density at radius 1 is 1.33 bits per heavy atom. The third kappa shape index (κ3) is 3.43. The van der Waals surface area contributed by atoms with Crippen LogP contribution in [0.5, 0.6) is 6.01 Å². The fourth-order valence-corrected chi connectivity index (χ4v) is 1.82. The van der Waals surface area contributed by atoms with Crippen LogP contribution in [-0.2, 0) is 0 Å². The maximum absolute atomic E-state index is 5.53. The zero-order chi connectivity index (χ0) is 10.5. The van der Waals surface area contributed by atoms with Crippen LogP contribution in [0.3, 0.4) is 0 Å². The van der Waals surface area contributed by atoms with Gasteiger partial charge in [0.05, 0.1) is 11.1 Å². The summed E-state index contributed by atoms with van der Waals surface area (Å²) in [7, 11) is 0. The molecule has 0 spiro atoms. The Morgan fingerprint density at radius 3 is 2.67 bits per heavy atom. The number of aromatic nitrogens is 2.